The Hall–Kier alpha value is -2.06. The van der Waals surface area contributed by atoms with Crippen LogP contribution in [0.1, 0.15) is 25.2 Å². The van der Waals surface area contributed by atoms with Crippen molar-refractivity contribution in [2.45, 2.75) is 19.4 Å². The molecule has 0 spiro atoms. The van der Waals surface area contributed by atoms with Crippen LogP contribution < -0.4 is 11.3 Å². The summed E-state index contributed by atoms with van der Waals surface area (Å²) >= 11 is 0. The number of H-pyrrole nitrogens is 1. The third-order valence-corrected chi connectivity index (χ3v) is 2.32. The maximum absolute atomic E-state index is 10.9. The van der Waals surface area contributed by atoms with Crippen LogP contribution in [0.15, 0.2) is 21.5 Å². The van der Waals surface area contributed by atoms with Gasteiger partial charge in [0.05, 0.1) is 12.6 Å². The molecule has 0 aliphatic carbocycles. The summed E-state index contributed by atoms with van der Waals surface area (Å²) in [6.45, 7) is 2.98. The summed E-state index contributed by atoms with van der Waals surface area (Å²) in [5, 5.41) is 9.85. The molecule has 2 aromatic rings. The minimum absolute atomic E-state index is 0.206. The first-order valence-electron chi connectivity index (χ1n) is 5.93. The maximum atomic E-state index is 10.9. The van der Waals surface area contributed by atoms with Gasteiger partial charge in [-0.05, 0) is 12.5 Å². The van der Waals surface area contributed by atoms with Gasteiger partial charge in [0.2, 0.25) is 0 Å². The van der Waals surface area contributed by atoms with Gasteiger partial charge in [-0.2, -0.15) is 10.1 Å². The van der Waals surface area contributed by atoms with Gasteiger partial charge in [-0.15, -0.1) is 0 Å². The normalized spacial score (nSPS) is 12.5. The van der Waals surface area contributed by atoms with Crippen LogP contribution >= 0.6 is 0 Å². The monoisotopic (exact) mass is 265 g/mol. The number of nitrogens with zero attached hydrogens (tertiary/aromatic N) is 3. The van der Waals surface area contributed by atoms with Crippen LogP contribution in [0.4, 0.5) is 0 Å². The van der Waals surface area contributed by atoms with Gasteiger partial charge in [0, 0.05) is 12.7 Å². The van der Waals surface area contributed by atoms with Gasteiger partial charge in [-0.25, -0.2) is 5.10 Å². The van der Waals surface area contributed by atoms with Crippen LogP contribution in [0, 0.1) is 0 Å². The van der Waals surface area contributed by atoms with E-state index in [0.717, 1.165) is 6.42 Å². The first kappa shape index (κ1) is 13.4. The minimum Gasteiger partial charge on any atom is -0.379 e. The molecule has 0 aromatic carbocycles. The Balaban J connectivity index is 2.06. The Morgan fingerprint density at radius 2 is 2.37 bits per heavy atom. The molecular formula is C11H15N5O3. The summed E-state index contributed by atoms with van der Waals surface area (Å²) in [6, 6.07) is 2.37. The lowest BCUT2D eigenvalue weighted by atomic mass is 10.3. The first-order valence-corrected chi connectivity index (χ1v) is 5.93. The highest BCUT2D eigenvalue weighted by Crippen LogP contribution is 2.15. The molecule has 3 N–H and O–H groups in total. The van der Waals surface area contributed by atoms with E-state index >= 15 is 0 Å². The van der Waals surface area contributed by atoms with E-state index in [0.29, 0.717) is 24.7 Å². The fraction of sp³-hybridized carbons (Fsp3) is 0.455. The molecule has 0 amide bonds. The number of nitrogens with two attached hydrogens (primary N) is 1. The molecule has 0 aliphatic heterocycles. The number of nitrogens with one attached hydrogen (secondary N) is 1. The summed E-state index contributed by atoms with van der Waals surface area (Å²) in [7, 11) is 0. The van der Waals surface area contributed by atoms with Gasteiger partial charge in [0.25, 0.3) is 11.4 Å². The summed E-state index contributed by atoms with van der Waals surface area (Å²) in [5.74, 6) is 0.552. The highest BCUT2D eigenvalue weighted by Gasteiger charge is 2.16. The molecule has 0 saturated carbocycles. The Morgan fingerprint density at radius 1 is 1.53 bits per heavy atom. The SMILES string of the molecule is CCCOCC(N)c1noc(-c2ccc(=O)[nH]n2)n1. The molecule has 0 radical (unpaired) electrons. The standard InChI is InChI=1S/C11H15N5O3/c1-2-5-18-6-7(12)10-13-11(19-16-10)8-3-4-9(17)15-14-8/h3-4,7H,2,5-6,12H2,1H3,(H,15,17). The number of aromatic nitrogens is 4. The summed E-state index contributed by atoms with van der Waals surface area (Å²) in [6.07, 6.45) is 0.922. The molecule has 2 rings (SSSR count). The quantitative estimate of drug-likeness (QED) is 0.718. The highest BCUT2D eigenvalue weighted by molar-refractivity contribution is 5.44. The molecule has 8 nitrogen and oxygen atoms in total. The smallest absolute Gasteiger partial charge is 0.278 e. The molecule has 2 heterocycles. The topological polar surface area (TPSA) is 120 Å². The second kappa shape index (κ2) is 6.21. The number of ether oxygens (including phenoxy) is 1. The maximum Gasteiger partial charge on any atom is 0.278 e. The molecule has 2 aromatic heterocycles. The third kappa shape index (κ3) is 3.46. The molecule has 1 atom stereocenters. The van der Waals surface area contributed by atoms with Crippen LogP contribution in [-0.2, 0) is 4.74 Å². The number of hydrogen-bond acceptors (Lipinski definition) is 7. The summed E-state index contributed by atoms with van der Waals surface area (Å²) in [4.78, 5) is 15.0. The number of rotatable bonds is 6. The van der Waals surface area contributed by atoms with Crippen molar-refractivity contribution in [3.8, 4) is 11.6 Å². The molecule has 19 heavy (non-hydrogen) atoms. The zero-order chi connectivity index (χ0) is 13.7. The molecule has 102 valence electrons. The molecular weight excluding hydrogens is 250 g/mol. The van der Waals surface area contributed by atoms with E-state index in [-0.39, 0.29) is 11.4 Å². The van der Waals surface area contributed by atoms with E-state index in [2.05, 4.69) is 20.3 Å². The fourth-order valence-electron chi connectivity index (χ4n) is 1.38. The van der Waals surface area contributed by atoms with E-state index in [1.54, 1.807) is 0 Å². The van der Waals surface area contributed by atoms with Gasteiger partial charge < -0.3 is 15.0 Å². The van der Waals surface area contributed by atoms with Crippen molar-refractivity contribution in [3.05, 3.63) is 28.3 Å². The van der Waals surface area contributed by atoms with Gasteiger partial charge in [0.15, 0.2) is 5.82 Å². The van der Waals surface area contributed by atoms with Crippen LogP contribution in [0.25, 0.3) is 11.6 Å². The second-order valence-electron chi connectivity index (χ2n) is 3.95. The van der Waals surface area contributed by atoms with Crippen LogP contribution in [0.2, 0.25) is 0 Å². The molecule has 0 saturated heterocycles. The van der Waals surface area contributed by atoms with Crippen molar-refractivity contribution in [1.82, 2.24) is 20.3 Å². The van der Waals surface area contributed by atoms with E-state index < -0.39 is 6.04 Å². The Kier molecular flexibility index (Phi) is 4.37. The van der Waals surface area contributed by atoms with Crippen molar-refractivity contribution in [3.63, 3.8) is 0 Å². The van der Waals surface area contributed by atoms with Gasteiger partial charge in [-0.3, -0.25) is 4.79 Å². The van der Waals surface area contributed by atoms with Gasteiger partial charge >= 0.3 is 0 Å². The predicted octanol–water partition coefficient (Wildman–Crippen LogP) is 0.246. The van der Waals surface area contributed by atoms with E-state index in [1.165, 1.54) is 12.1 Å². The van der Waals surface area contributed by atoms with Crippen molar-refractivity contribution >= 4 is 0 Å². The predicted molar refractivity (Wildman–Crippen MR) is 66.2 cm³/mol. The Labute approximate surface area is 109 Å². The molecule has 0 aliphatic rings. The van der Waals surface area contributed by atoms with Crippen molar-refractivity contribution in [2.75, 3.05) is 13.2 Å². The third-order valence-electron chi connectivity index (χ3n) is 2.32. The summed E-state index contributed by atoms with van der Waals surface area (Å²) in [5.41, 5.74) is 5.95. The zero-order valence-electron chi connectivity index (χ0n) is 10.5. The lowest BCUT2D eigenvalue weighted by molar-refractivity contribution is 0.119. The second-order valence-corrected chi connectivity index (χ2v) is 3.95. The number of aromatic amines is 1. The van der Waals surface area contributed by atoms with E-state index in [9.17, 15) is 4.79 Å². The van der Waals surface area contributed by atoms with Crippen LogP contribution in [-0.4, -0.2) is 33.6 Å². The number of hydrogen-bond donors (Lipinski definition) is 2. The average Bonchev–Trinajstić information content (AvgIpc) is 2.89. The van der Waals surface area contributed by atoms with Crippen LogP contribution in [0.3, 0.4) is 0 Å². The van der Waals surface area contributed by atoms with Crippen molar-refractivity contribution in [2.24, 2.45) is 5.73 Å². The zero-order valence-corrected chi connectivity index (χ0v) is 10.5. The molecule has 1 unspecified atom stereocenters. The van der Waals surface area contributed by atoms with Gasteiger partial charge in [0.1, 0.15) is 5.69 Å². The van der Waals surface area contributed by atoms with E-state index in [4.69, 9.17) is 15.0 Å². The Bertz CT molecular complexity index is 559. The largest absolute Gasteiger partial charge is 0.379 e. The van der Waals surface area contributed by atoms with Crippen LogP contribution in [0.5, 0.6) is 0 Å². The lowest BCUT2D eigenvalue weighted by Crippen LogP contribution is -2.18. The fourth-order valence-corrected chi connectivity index (χ4v) is 1.38. The molecule has 0 fully saturated rings. The molecule has 0 bridgehead atoms. The van der Waals surface area contributed by atoms with Crippen molar-refractivity contribution in [1.29, 1.82) is 0 Å². The molecule has 8 heteroatoms. The first-order chi connectivity index (χ1) is 9.20. The minimum atomic E-state index is -0.452. The van der Waals surface area contributed by atoms with Crippen molar-refractivity contribution < 1.29 is 9.26 Å². The van der Waals surface area contributed by atoms with E-state index in [1.807, 2.05) is 6.92 Å². The Morgan fingerprint density at radius 3 is 3.05 bits per heavy atom. The van der Waals surface area contributed by atoms with Gasteiger partial charge in [-0.1, -0.05) is 12.1 Å². The lowest BCUT2D eigenvalue weighted by Gasteiger charge is -2.06. The average molecular weight is 265 g/mol. The summed E-state index contributed by atoms with van der Waals surface area (Å²) < 4.78 is 10.4. The highest BCUT2D eigenvalue weighted by atomic mass is 16.5.